The van der Waals surface area contributed by atoms with Crippen molar-refractivity contribution in [1.82, 2.24) is 10.1 Å². The highest BCUT2D eigenvalue weighted by Gasteiger charge is 2.03. The second-order valence-corrected chi connectivity index (χ2v) is 3.13. The number of aromatic nitrogens is 2. The molecule has 2 aromatic heterocycles. The third-order valence-electron chi connectivity index (χ3n) is 1.85. The molecule has 0 aliphatic heterocycles. The average molecular weight is 162 g/mol. The second-order valence-electron chi connectivity index (χ2n) is 3.13. The molecule has 3 heteroatoms. The van der Waals surface area contributed by atoms with Gasteiger partial charge in [-0.3, -0.25) is 4.98 Å². The lowest BCUT2D eigenvalue weighted by Gasteiger charge is -2.01. The number of rotatable bonds is 1. The molecule has 12 heavy (non-hydrogen) atoms. The maximum Gasteiger partial charge on any atom is 0.185 e. The lowest BCUT2D eigenvalue weighted by atomic mass is 10.1. The number of pyridine rings is 1. The van der Waals surface area contributed by atoms with E-state index in [0.717, 1.165) is 16.7 Å². The van der Waals surface area contributed by atoms with E-state index < -0.39 is 0 Å². The van der Waals surface area contributed by atoms with Crippen LogP contribution in [0.3, 0.4) is 0 Å². The number of hydrogen-bond donors (Lipinski definition) is 0. The Morgan fingerprint density at radius 2 is 2.17 bits per heavy atom. The summed E-state index contributed by atoms with van der Waals surface area (Å²) in [5.41, 5.74) is 1.82. The molecule has 2 rings (SSSR count). The van der Waals surface area contributed by atoms with Crippen LogP contribution in [-0.4, -0.2) is 10.1 Å². The van der Waals surface area contributed by atoms with E-state index in [1.165, 1.54) is 0 Å². The smallest absolute Gasteiger partial charge is 0.185 e. The lowest BCUT2D eigenvalue weighted by molar-refractivity contribution is 0.455. The van der Waals surface area contributed by atoms with E-state index in [0.29, 0.717) is 5.92 Å². The van der Waals surface area contributed by atoms with Gasteiger partial charge in [-0.05, 0) is 12.0 Å². The molecule has 2 aromatic rings. The first kappa shape index (κ1) is 7.28. The fraction of sp³-hybridized carbons (Fsp3) is 0.333. The predicted octanol–water partition coefficient (Wildman–Crippen LogP) is 2.35. The fourth-order valence-corrected chi connectivity index (χ4v) is 1.11. The van der Waals surface area contributed by atoms with Crippen LogP contribution in [0, 0.1) is 0 Å². The zero-order valence-corrected chi connectivity index (χ0v) is 7.11. The Balaban J connectivity index is 2.60. The van der Waals surface area contributed by atoms with Crippen molar-refractivity contribution in [3.63, 3.8) is 0 Å². The summed E-state index contributed by atoms with van der Waals surface area (Å²) in [7, 11) is 0. The number of hydrogen-bond acceptors (Lipinski definition) is 3. The second kappa shape index (κ2) is 2.59. The molecule has 62 valence electrons. The van der Waals surface area contributed by atoms with E-state index in [9.17, 15) is 0 Å². The number of nitrogens with zero attached hydrogens (tertiary/aromatic N) is 2. The highest BCUT2D eigenvalue weighted by Crippen LogP contribution is 2.17. The lowest BCUT2D eigenvalue weighted by Crippen LogP contribution is -1.90. The van der Waals surface area contributed by atoms with Gasteiger partial charge in [0.25, 0.3) is 0 Å². The Hall–Kier alpha value is -1.38. The van der Waals surface area contributed by atoms with Gasteiger partial charge in [0.1, 0.15) is 0 Å². The predicted molar refractivity (Wildman–Crippen MR) is 45.9 cm³/mol. The van der Waals surface area contributed by atoms with Crippen molar-refractivity contribution in [2.24, 2.45) is 0 Å². The first-order chi connectivity index (χ1) is 5.77. The first-order valence-corrected chi connectivity index (χ1v) is 3.97. The van der Waals surface area contributed by atoms with E-state index in [-0.39, 0.29) is 0 Å². The van der Waals surface area contributed by atoms with Crippen molar-refractivity contribution in [1.29, 1.82) is 0 Å². The van der Waals surface area contributed by atoms with Gasteiger partial charge in [-0.25, -0.2) is 0 Å². The molecule has 3 nitrogen and oxygen atoms in total. The van der Waals surface area contributed by atoms with Crippen LogP contribution in [0.1, 0.15) is 25.5 Å². The van der Waals surface area contributed by atoms with E-state index in [1.54, 1.807) is 12.4 Å². The summed E-state index contributed by atoms with van der Waals surface area (Å²) in [6.07, 6.45) is 3.43. The normalized spacial score (nSPS) is 11.2. The molecule has 0 aliphatic rings. The van der Waals surface area contributed by atoms with Crippen molar-refractivity contribution in [3.05, 3.63) is 24.2 Å². The molecule has 0 aliphatic carbocycles. The van der Waals surface area contributed by atoms with Gasteiger partial charge in [-0.2, -0.15) is 0 Å². The van der Waals surface area contributed by atoms with Gasteiger partial charge in [0.2, 0.25) is 0 Å². The summed E-state index contributed by atoms with van der Waals surface area (Å²) in [4.78, 5) is 4.24. The number of fused-ring (bicyclic) bond motifs is 1. The van der Waals surface area contributed by atoms with Crippen LogP contribution >= 0.6 is 0 Å². The monoisotopic (exact) mass is 162 g/mol. The summed E-state index contributed by atoms with van der Waals surface area (Å²) >= 11 is 0. The SMILES string of the molecule is CC(C)c1cc2cnoc2cn1. The molecule has 0 spiro atoms. The first-order valence-electron chi connectivity index (χ1n) is 3.97. The largest absolute Gasteiger partial charge is 0.355 e. The minimum atomic E-state index is 0.448. The Kier molecular flexibility index (Phi) is 1.57. The summed E-state index contributed by atoms with van der Waals surface area (Å²) in [5, 5.41) is 4.71. The molecule has 0 saturated carbocycles. The molecule has 0 unspecified atom stereocenters. The molecule has 0 aromatic carbocycles. The van der Waals surface area contributed by atoms with Crippen LogP contribution in [0.25, 0.3) is 11.0 Å². The quantitative estimate of drug-likeness (QED) is 0.646. The van der Waals surface area contributed by atoms with Gasteiger partial charge >= 0.3 is 0 Å². The van der Waals surface area contributed by atoms with Crippen LogP contribution in [0.15, 0.2) is 23.0 Å². The molecule has 0 atom stereocenters. The Labute approximate surface area is 70.4 Å². The maximum atomic E-state index is 4.94. The molecule has 0 N–H and O–H groups in total. The Morgan fingerprint density at radius 1 is 1.33 bits per heavy atom. The topological polar surface area (TPSA) is 38.9 Å². The summed E-state index contributed by atoms with van der Waals surface area (Å²) < 4.78 is 4.94. The molecule has 0 bridgehead atoms. The van der Waals surface area contributed by atoms with Crippen molar-refractivity contribution in [3.8, 4) is 0 Å². The molecule has 0 fully saturated rings. The molecular formula is C9H10N2O. The third kappa shape index (κ3) is 1.07. The minimum Gasteiger partial charge on any atom is -0.355 e. The van der Waals surface area contributed by atoms with Crippen molar-refractivity contribution in [2.45, 2.75) is 19.8 Å². The summed E-state index contributed by atoms with van der Waals surface area (Å²) in [6, 6.07) is 2.01. The molecule has 2 heterocycles. The van der Waals surface area contributed by atoms with E-state index in [1.807, 2.05) is 6.07 Å². The van der Waals surface area contributed by atoms with Crippen molar-refractivity contribution < 1.29 is 4.52 Å². The van der Waals surface area contributed by atoms with Crippen molar-refractivity contribution in [2.75, 3.05) is 0 Å². The highest BCUT2D eigenvalue weighted by atomic mass is 16.5. The van der Waals surface area contributed by atoms with Gasteiger partial charge in [-0.15, -0.1) is 0 Å². The maximum absolute atomic E-state index is 4.94. The zero-order chi connectivity index (χ0) is 8.55. The molecule has 0 amide bonds. The van der Waals surface area contributed by atoms with Gasteiger partial charge in [-0.1, -0.05) is 19.0 Å². The van der Waals surface area contributed by atoms with Crippen LogP contribution < -0.4 is 0 Å². The Bertz CT molecular complexity index is 392. The van der Waals surface area contributed by atoms with Gasteiger partial charge < -0.3 is 4.52 Å². The Morgan fingerprint density at radius 3 is 2.92 bits per heavy atom. The van der Waals surface area contributed by atoms with Gasteiger partial charge in [0, 0.05) is 11.1 Å². The van der Waals surface area contributed by atoms with Crippen LogP contribution in [0.2, 0.25) is 0 Å². The average Bonchev–Trinajstić information content (AvgIpc) is 2.49. The van der Waals surface area contributed by atoms with Crippen LogP contribution in [0.4, 0.5) is 0 Å². The van der Waals surface area contributed by atoms with Gasteiger partial charge in [0.15, 0.2) is 5.58 Å². The zero-order valence-electron chi connectivity index (χ0n) is 7.11. The molecule has 0 saturated heterocycles. The standard InChI is InChI=1S/C9H10N2O/c1-6(2)8-3-7-4-11-12-9(7)5-10-8/h3-6H,1-2H3. The van der Waals surface area contributed by atoms with E-state index in [4.69, 9.17) is 4.52 Å². The van der Waals surface area contributed by atoms with Crippen LogP contribution in [0.5, 0.6) is 0 Å². The summed E-state index contributed by atoms with van der Waals surface area (Å²) in [6.45, 7) is 4.23. The minimum absolute atomic E-state index is 0.448. The van der Waals surface area contributed by atoms with E-state index >= 15 is 0 Å². The molecule has 0 radical (unpaired) electrons. The van der Waals surface area contributed by atoms with E-state index in [2.05, 4.69) is 24.0 Å². The highest BCUT2D eigenvalue weighted by molar-refractivity contribution is 5.75. The third-order valence-corrected chi connectivity index (χ3v) is 1.85. The molecular weight excluding hydrogens is 152 g/mol. The van der Waals surface area contributed by atoms with Crippen LogP contribution in [-0.2, 0) is 0 Å². The fourth-order valence-electron chi connectivity index (χ4n) is 1.11. The van der Waals surface area contributed by atoms with Gasteiger partial charge in [0.05, 0.1) is 12.4 Å². The summed E-state index contributed by atoms with van der Waals surface area (Å²) in [5.74, 6) is 0.448. The van der Waals surface area contributed by atoms with Crippen molar-refractivity contribution >= 4 is 11.0 Å².